The summed E-state index contributed by atoms with van der Waals surface area (Å²) in [5, 5.41) is 12.2. The van der Waals surface area contributed by atoms with E-state index in [2.05, 4.69) is 17.9 Å². The van der Waals surface area contributed by atoms with Gasteiger partial charge in [0.25, 0.3) is 5.91 Å². The minimum absolute atomic E-state index is 0.294. The summed E-state index contributed by atoms with van der Waals surface area (Å²) in [6.07, 6.45) is 0. The minimum Gasteiger partial charge on any atom is -0.321 e. The summed E-state index contributed by atoms with van der Waals surface area (Å²) >= 11 is 10.1. The molecule has 100 valence electrons. The minimum atomic E-state index is -0.294. The first-order valence-electron chi connectivity index (χ1n) is 5.82. The van der Waals surface area contributed by atoms with E-state index in [-0.39, 0.29) is 5.91 Å². The molecular formula is C15H11ClN2OS. The number of amides is 1. The van der Waals surface area contributed by atoms with Crippen LogP contribution in [0.5, 0.6) is 0 Å². The molecule has 0 saturated heterocycles. The zero-order valence-electron chi connectivity index (χ0n) is 10.6. The largest absolute Gasteiger partial charge is 0.321 e. The fourth-order valence-electron chi connectivity index (χ4n) is 1.76. The molecule has 2 rings (SSSR count). The molecule has 0 spiro atoms. The maximum Gasteiger partial charge on any atom is 0.256 e. The topological polar surface area (TPSA) is 52.9 Å². The van der Waals surface area contributed by atoms with E-state index in [4.69, 9.17) is 16.9 Å². The van der Waals surface area contributed by atoms with Crippen LogP contribution in [0.1, 0.15) is 21.5 Å². The standard InChI is InChI=1S/C15H11ClN2OS/c1-9-2-5-12(20)7-13(9)15(19)18-14-6-11(16)4-3-10(14)8-17/h2-7,20H,1H3,(H,18,19). The number of nitrogens with zero attached hydrogens (tertiary/aromatic N) is 1. The fourth-order valence-corrected chi connectivity index (χ4v) is 2.14. The fraction of sp³-hybridized carbons (Fsp3) is 0.0667. The van der Waals surface area contributed by atoms with E-state index in [1.807, 2.05) is 25.1 Å². The molecular weight excluding hydrogens is 292 g/mol. The Morgan fingerprint density at radius 1 is 1.30 bits per heavy atom. The van der Waals surface area contributed by atoms with Crippen molar-refractivity contribution < 1.29 is 4.79 Å². The highest BCUT2D eigenvalue weighted by Crippen LogP contribution is 2.22. The van der Waals surface area contributed by atoms with E-state index in [0.29, 0.717) is 26.7 Å². The molecule has 0 unspecified atom stereocenters. The molecule has 0 aliphatic rings. The molecule has 0 fully saturated rings. The summed E-state index contributed by atoms with van der Waals surface area (Å²) in [5.74, 6) is -0.294. The number of nitrogens with one attached hydrogen (secondary N) is 1. The monoisotopic (exact) mass is 302 g/mol. The number of thiol groups is 1. The lowest BCUT2D eigenvalue weighted by Crippen LogP contribution is -2.14. The van der Waals surface area contributed by atoms with Crippen LogP contribution in [0.25, 0.3) is 0 Å². The van der Waals surface area contributed by atoms with Crippen LogP contribution in [0.3, 0.4) is 0 Å². The summed E-state index contributed by atoms with van der Waals surface area (Å²) in [5.41, 5.74) is 2.11. The van der Waals surface area contributed by atoms with Crippen LogP contribution in [0.2, 0.25) is 5.02 Å². The number of anilines is 1. The van der Waals surface area contributed by atoms with Crippen molar-refractivity contribution in [1.82, 2.24) is 0 Å². The Morgan fingerprint density at radius 2 is 2.05 bits per heavy atom. The molecule has 0 bridgehead atoms. The van der Waals surface area contributed by atoms with Gasteiger partial charge in [0.05, 0.1) is 11.3 Å². The number of nitriles is 1. The number of benzene rings is 2. The Kier molecular flexibility index (Phi) is 4.33. The number of rotatable bonds is 2. The van der Waals surface area contributed by atoms with Crippen molar-refractivity contribution in [3.8, 4) is 6.07 Å². The third-order valence-corrected chi connectivity index (χ3v) is 3.33. The smallest absolute Gasteiger partial charge is 0.256 e. The molecule has 0 saturated carbocycles. The molecule has 3 nitrogen and oxygen atoms in total. The van der Waals surface area contributed by atoms with Crippen LogP contribution in [0, 0.1) is 18.3 Å². The molecule has 0 radical (unpaired) electrons. The number of hydrogen-bond acceptors (Lipinski definition) is 3. The van der Waals surface area contributed by atoms with Crippen molar-refractivity contribution in [2.24, 2.45) is 0 Å². The van der Waals surface area contributed by atoms with Gasteiger partial charge in [0.2, 0.25) is 0 Å². The summed E-state index contributed by atoms with van der Waals surface area (Å²) in [6, 6.07) is 12.1. The van der Waals surface area contributed by atoms with E-state index in [0.717, 1.165) is 5.56 Å². The average Bonchev–Trinajstić information content (AvgIpc) is 2.41. The van der Waals surface area contributed by atoms with Crippen LogP contribution < -0.4 is 5.32 Å². The summed E-state index contributed by atoms with van der Waals surface area (Å²) < 4.78 is 0. The number of carbonyl (C=O) groups is 1. The van der Waals surface area contributed by atoms with E-state index >= 15 is 0 Å². The van der Waals surface area contributed by atoms with Gasteiger partial charge >= 0.3 is 0 Å². The molecule has 0 heterocycles. The van der Waals surface area contributed by atoms with Gasteiger partial charge in [-0.05, 0) is 42.8 Å². The van der Waals surface area contributed by atoms with Gasteiger partial charge in [-0.25, -0.2) is 0 Å². The third kappa shape index (κ3) is 3.13. The van der Waals surface area contributed by atoms with Gasteiger partial charge in [-0.3, -0.25) is 4.79 Å². The van der Waals surface area contributed by atoms with E-state index in [1.165, 1.54) is 0 Å². The van der Waals surface area contributed by atoms with E-state index in [9.17, 15) is 4.79 Å². The zero-order chi connectivity index (χ0) is 14.7. The number of aryl methyl sites for hydroxylation is 1. The molecule has 0 aromatic heterocycles. The first-order valence-corrected chi connectivity index (χ1v) is 6.64. The molecule has 1 N–H and O–H groups in total. The van der Waals surface area contributed by atoms with Gasteiger partial charge in [0.1, 0.15) is 6.07 Å². The predicted molar refractivity (Wildman–Crippen MR) is 82.6 cm³/mol. The molecule has 2 aromatic carbocycles. The van der Waals surface area contributed by atoms with Gasteiger partial charge in [-0.15, -0.1) is 12.6 Å². The molecule has 20 heavy (non-hydrogen) atoms. The second-order valence-electron chi connectivity index (χ2n) is 4.26. The zero-order valence-corrected chi connectivity index (χ0v) is 12.3. The SMILES string of the molecule is Cc1ccc(S)cc1C(=O)Nc1cc(Cl)ccc1C#N. The van der Waals surface area contributed by atoms with Gasteiger partial charge in [0, 0.05) is 15.5 Å². The molecule has 0 aliphatic heterocycles. The summed E-state index contributed by atoms with van der Waals surface area (Å²) in [4.78, 5) is 13.0. The Bertz CT molecular complexity index is 722. The van der Waals surface area contributed by atoms with Crippen LogP contribution in [-0.2, 0) is 0 Å². The number of hydrogen-bond donors (Lipinski definition) is 2. The average molecular weight is 303 g/mol. The summed E-state index contributed by atoms with van der Waals surface area (Å²) in [6.45, 7) is 1.84. The van der Waals surface area contributed by atoms with Crippen LogP contribution in [0.15, 0.2) is 41.3 Å². The van der Waals surface area contributed by atoms with Gasteiger partial charge in [-0.2, -0.15) is 5.26 Å². The Balaban J connectivity index is 2.35. The lowest BCUT2D eigenvalue weighted by Gasteiger charge is -2.10. The van der Waals surface area contributed by atoms with Gasteiger partial charge in [-0.1, -0.05) is 17.7 Å². The highest BCUT2D eigenvalue weighted by Gasteiger charge is 2.12. The van der Waals surface area contributed by atoms with Crippen LogP contribution in [-0.4, -0.2) is 5.91 Å². The van der Waals surface area contributed by atoms with E-state index < -0.39 is 0 Å². The maximum atomic E-state index is 12.3. The lowest BCUT2D eigenvalue weighted by molar-refractivity contribution is 0.102. The second kappa shape index (κ2) is 6.00. The van der Waals surface area contributed by atoms with Crippen LogP contribution >= 0.6 is 24.2 Å². The van der Waals surface area contributed by atoms with Crippen molar-refractivity contribution in [3.63, 3.8) is 0 Å². The predicted octanol–water partition coefficient (Wildman–Crippen LogP) is 4.06. The molecule has 0 atom stereocenters. The van der Waals surface area contributed by atoms with Crippen molar-refractivity contribution in [2.75, 3.05) is 5.32 Å². The van der Waals surface area contributed by atoms with Crippen molar-refractivity contribution in [3.05, 3.63) is 58.1 Å². The molecule has 5 heteroatoms. The van der Waals surface area contributed by atoms with E-state index in [1.54, 1.807) is 24.3 Å². The quantitative estimate of drug-likeness (QED) is 0.822. The first-order chi connectivity index (χ1) is 9.51. The summed E-state index contributed by atoms with van der Waals surface area (Å²) in [7, 11) is 0. The number of halogens is 1. The second-order valence-corrected chi connectivity index (χ2v) is 5.21. The van der Waals surface area contributed by atoms with Gasteiger partial charge in [0.15, 0.2) is 0 Å². The van der Waals surface area contributed by atoms with Gasteiger partial charge < -0.3 is 5.32 Å². The third-order valence-electron chi connectivity index (χ3n) is 2.82. The molecule has 0 aliphatic carbocycles. The Labute approximate surface area is 127 Å². The number of carbonyl (C=O) groups excluding carboxylic acids is 1. The van der Waals surface area contributed by atoms with Crippen molar-refractivity contribution in [1.29, 1.82) is 5.26 Å². The van der Waals surface area contributed by atoms with Crippen molar-refractivity contribution >= 4 is 35.8 Å². The highest BCUT2D eigenvalue weighted by atomic mass is 35.5. The maximum absolute atomic E-state index is 12.3. The van der Waals surface area contributed by atoms with Crippen LogP contribution in [0.4, 0.5) is 5.69 Å². The lowest BCUT2D eigenvalue weighted by atomic mass is 10.1. The highest BCUT2D eigenvalue weighted by molar-refractivity contribution is 7.80. The molecule has 1 amide bonds. The van der Waals surface area contributed by atoms with Crippen molar-refractivity contribution in [2.45, 2.75) is 11.8 Å². The Morgan fingerprint density at radius 3 is 2.75 bits per heavy atom. The normalized spacial score (nSPS) is 9.90. The molecule has 2 aromatic rings. The first kappa shape index (κ1) is 14.4. The Hall–Kier alpha value is -1.96.